The van der Waals surface area contributed by atoms with E-state index in [0.717, 1.165) is 32.4 Å². The molecule has 0 radical (unpaired) electrons. The molecule has 0 saturated heterocycles. The quantitative estimate of drug-likeness (QED) is 0.430. The van der Waals surface area contributed by atoms with E-state index in [2.05, 4.69) is 16.2 Å². The third-order valence-corrected chi connectivity index (χ3v) is 5.70. The highest BCUT2D eigenvalue weighted by Crippen LogP contribution is 2.30. The number of hydrogen-bond acceptors (Lipinski definition) is 4. The van der Waals surface area contributed by atoms with Crippen LogP contribution in [0.1, 0.15) is 5.56 Å². The molecule has 0 fully saturated rings. The lowest BCUT2D eigenvalue weighted by molar-refractivity contribution is 0.819. The van der Waals surface area contributed by atoms with Gasteiger partial charge in [-0.1, -0.05) is 48.5 Å². The smallest absolute Gasteiger partial charge is 0.283 e. The molecule has 0 aliphatic heterocycles. The number of nitrogens with zero attached hydrogens (tertiary/aromatic N) is 4. The molecule has 0 bridgehead atoms. The molecule has 5 aromatic rings. The van der Waals surface area contributed by atoms with Crippen molar-refractivity contribution in [2.24, 2.45) is 12.1 Å². The molecular weight excluding hydrogens is 368 g/mol. The van der Waals surface area contributed by atoms with Crippen molar-refractivity contribution in [2.45, 2.75) is 0 Å². The van der Waals surface area contributed by atoms with Crippen LogP contribution in [0.2, 0.25) is 0 Å². The van der Waals surface area contributed by atoms with Gasteiger partial charge >= 0.3 is 0 Å². The summed E-state index contributed by atoms with van der Waals surface area (Å²) in [6.45, 7) is 0. The highest BCUT2D eigenvalue weighted by atomic mass is 32.1. The van der Waals surface area contributed by atoms with E-state index in [1.54, 1.807) is 6.21 Å². The van der Waals surface area contributed by atoms with Crippen molar-refractivity contribution < 1.29 is 0 Å². The number of fused-ring (bicyclic) bond motifs is 2. The molecule has 5 rings (SSSR count). The molecule has 3 aromatic heterocycles. The maximum Gasteiger partial charge on any atom is 0.283 e. The summed E-state index contributed by atoms with van der Waals surface area (Å²) in [5.41, 5.74) is 3.81. The van der Waals surface area contributed by atoms with Crippen LogP contribution in [0, 0.1) is 0 Å². The summed E-state index contributed by atoms with van der Waals surface area (Å²) in [5, 5.41) is 8.09. The van der Waals surface area contributed by atoms with Crippen LogP contribution in [0.25, 0.3) is 32.2 Å². The minimum absolute atomic E-state index is 0.165. The van der Waals surface area contributed by atoms with Crippen molar-refractivity contribution >= 4 is 38.7 Å². The number of hydrogen-bond donors (Lipinski definition) is 0. The first-order chi connectivity index (χ1) is 13.7. The fourth-order valence-electron chi connectivity index (χ4n) is 3.44. The maximum absolute atomic E-state index is 13.1. The Bertz CT molecular complexity index is 1390. The first-order valence-electron chi connectivity index (χ1n) is 8.85. The highest BCUT2D eigenvalue weighted by Gasteiger charge is 2.13. The molecular formula is C22H16N4OS. The molecule has 0 saturated carbocycles. The number of rotatable bonds is 3. The fraction of sp³-hybridized carbons (Fsp3) is 0.0455. The molecule has 6 heteroatoms. The number of aromatic nitrogens is 3. The summed E-state index contributed by atoms with van der Waals surface area (Å²) in [6, 6.07) is 18.0. The first kappa shape index (κ1) is 16.6. The Labute approximate surface area is 164 Å². The Hall–Kier alpha value is -3.51. The third kappa shape index (κ3) is 2.66. The molecule has 28 heavy (non-hydrogen) atoms. The van der Waals surface area contributed by atoms with Crippen LogP contribution < -0.4 is 5.56 Å². The predicted molar refractivity (Wildman–Crippen MR) is 115 cm³/mol. The molecule has 2 aromatic carbocycles. The Morgan fingerprint density at radius 3 is 2.71 bits per heavy atom. The van der Waals surface area contributed by atoms with E-state index in [1.165, 1.54) is 22.3 Å². The lowest BCUT2D eigenvalue weighted by atomic mass is 10.1. The molecule has 0 spiro atoms. The van der Waals surface area contributed by atoms with Crippen molar-refractivity contribution in [2.75, 3.05) is 0 Å². The van der Waals surface area contributed by atoms with Crippen LogP contribution in [-0.4, -0.2) is 20.4 Å². The normalized spacial score (nSPS) is 11.8. The molecule has 3 heterocycles. The molecule has 5 nitrogen and oxygen atoms in total. The van der Waals surface area contributed by atoms with Crippen LogP contribution in [0.3, 0.4) is 0 Å². The second-order valence-corrected chi connectivity index (χ2v) is 7.41. The van der Waals surface area contributed by atoms with Gasteiger partial charge in [-0.25, -0.2) is 4.98 Å². The SMILES string of the molecule is Cn1cc(/C=N\n2cnc3scc(-c4ccccc4)c3c2=O)c2ccccc21. The van der Waals surface area contributed by atoms with Crippen LogP contribution in [0.15, 0.2) is 82.4 Å². The third-order valence-electron chi connectivity index (χ3n) is 4.81. The van der Waals surface area contributed by atoms with E-state index in [-0.39, 0.29) is 5.56 Å². The zero-order valence-electron chi connectivity index (χ0n) is 15.1. The summed E-state index contributed by atoms with van der Waals surface area (Å²) in [4.78, 5) is 18.2. The minimum Gasteiger partial charge on any atom is -0.350 e. The summed E-state index contributed by atoms with van der Waals surface area (Å²) >= 11 is 1.47. The van der Waals surface area contributed by atoms with Crippen LogP contribution >= 0.6 is 11.3 Å². The van der Waals surface area contributed by atoms with Gasteiger partial charge < -0.3 is 4.57 Å². The molecule has 0 aliphatic rings. The Morgan fingerprint density at radius 1 is 1.07 bits per heavy atom. The number of thiophene rings is 1. The summed E-state index contributed by atoms with van der Waals surface area (Å²) in [7, 11) is 2.00. The summed E-state index contributed by atoms with van der Waals surface area (Å²) in [6.07, 6.45) is 5.20. The van der Waals surface area contributed by atoms with Crippen molar-refractivity contribution in [3.05, 3.63) is 88.4 Å². The monoisotopic (exact) mass is 384 g/mol. The summed E-state index contributed by atoms with van der Waals surface area (Å²) in [5.74, 6) is 0. The van der Waals surface area contributed by atoms with Gasteiger partial charge in [0, 0.05) is 40.7 Å². The highest BCUT2D eigenvalue weighted by molar-refractivity contribution is 7.17. The predicted octanol–water partition coefficient (Wildman–Crippen LogP) is 4.50. The lowest BCUT2D eigenvalue weighted by Crippen LogP contribution is -2.16. The zero-order valence-corrected chi connectivity index (χ0v) is 15.9. The average Bonchev–Trinajstić information content (AvgIpc) is 3.31. The molecule has 0 N–H and O–H groups in total. The molecule has 0 amide bonds. The van der Waals surface area contributed by atoms with Gasteiger partial charge in [-0.3, -0.25) is 4.79 Å². The molecule has 0 aliphatic carbocycles. The average molecular weight is 384 g/mol. The largest absolute Gasteiger partial charge is 0.350 e. The van der Waals surface area contributed by atoms with Crippen molar-refractivity contribution in [1.82, 2.24) is 14.2 Å². The number of para-hydroxylation sites is 1. The zero-order chi connectivity index (χ0) is 19.1. The fourth-order valence-corrected chi connectivity index (χ4v) is 4.34. The second-order valence-electron chi connectivity index (χ2n) is 6.55. The number of benzene rings is 2. The van der Waals surface area contributed by atoms with Gasteiger partial charge in [-0.2, -0.15) is 9.78 Å². The maximum atomic E-state index is 13.1. The van der Waals surface area contributed by atoms with Gasteiger partial charge in [0.1, 0.15) is 11.2 Å². The van der Waals surface area contributed by atoms with E-state index in [4.69, 9.17) is 0 Å². The van der Waals surface area contributed by atoms with Gasteiger partial charge in [-0.15, -0.1) is 11.3 Å². The van der Waals surface area contributed by atoms with E-state index in [9.17, 15) is 4.79 Å². The minimum atomic E-state index is -0.165. The molecule has 136 valence electrons. The van der Waals surface area contributed by atoms with Gasteiger partial charge in [0.05, 0.1) is 11.6 Å². The van der Waals surface area contributed by atoms with Crippen molar-refractivity contribution in [1.29, 1.82) is 0 Å². The second kappa shape index (κ2) is 6.58. The van der Waals surface area contributed by atoms with Gasteiger partial charge in [-0.05, 0) is 11.6 Å². The first-order valence-corrected chi connectivity index (χ1v) is 9.73. The standard InChI is InChI=1S/C22H16N4OS/c1-25-12-16(17-9-5-6-10-19(17)25)11-24-26-14-23-21-20(22(26)27)18(13-28-21)15-7-3-2-4-8-15/h2-14H,1H3/b24-11-. The van der Waals surface area contributed by atoms with Crippen LogP contribution in [0.4, 0.5) is 0 Å². The van der Waals surface area contributed by atoms with E-state index in [1.807, 2.05) is 71.7 Å². The number of aryl methyl sites for hydroxylation is 1. The Balaban J connectivity index is 1.63. The Kier molecular flexibility index (Phi) is 3.91. The van der Waals surface area contributed by atoms with Crippen molar-refractivity contribution in [3.8, 4) is 11.1 Å². The molecule has 0 atom stereocenters. The Morgan fingerprint density at radius 2 is 1.86 bits per heavy atom. The van der Waals surface area contributed by atoms with Crippen LogP contribution in [-0.2, 0) is 7.05 Å². The van der Waals surface area contributed by atoms with Gasteiger partial charge in [0.25, 0.3) is 5.56 Å². The lowest BCUT2D eigenvalue weighted by Gasteiger charge is -2.01. The van der Waals surface area contributed by atoms with Crippen LogP contribution in [0.5, 0.6) is 0 Å². The molecule has 0 unspecified atom stereocenters. The topological polar surface area (TPSA) is 52.2 Å². The van der Waals surface area contributed by atoms with Crippen molar-refractivity contribution in [3.63, 3.8) is 0 Å². The van der Waals surface area contributed by atoms with E-state index in [0.29, 0.717) is 5.39 Å². The van der Waals surface area contributed by atoms with E-state index >= 15 is 0 Å². The summed E-state index contributed by atoms with van der Waals surface area (Å²) < 4.78 is 3.36. The van der Waals surface area contributed by atoms with Gasteiger partial charge in [0.2, 0.25) is 0 Å². The van der Waals surface area contributed by atoms with Gasteiger partial charge in [0.15, 0.2) is 0 Å². The van der Waals surface area contributed by atoms with E-state index < -0.39 is 0 Å².